The first-order chi connectivity index (χ1) is 22.7. The molecule has 0 radical (unpaired) electrons. The summed E-state index contributed by atoms with van der Waals surface area (Å²) in [5, 5.41) is 24.5. The SMILES string of the molecule is Fc1cc2c(cc1F)=c1ccc3c4c1c=2ccc4c1sc2c(sc4c5ccc6c7c(ccc(c75)c42)=c2ccc4ccccc4c2=6)c31. The molecule has 0 atom stereocenters. The lowest BCUT2D eigenvalue weighted by molar-refractivity contribution is 0.507. The molecule has 13 rings (SSSR count). The summed E-state index contributed by atoms with van der Waals surface area (Å²) in [6, 6.07) is 34.1. The van der Waals surface area contributed by atoms with Crippen molar-refractivity contribution in [3.05, 3.63) is 150 Å². The molecule has 0 saturated heterocycles. The highest BCUT2D eigenvalue weighted by Crippen LogP contribution is 2.55. The van der Waals surface area contributed by atoms with Gasteiger partial charge in [-0.1, -0.05) is 84.9 Å². The van der Waals surface area contributed by atoms with Crippen LogP contribution in [0.3, 0.4) is 0 Å². The molecule has 0 bridgehead atoms. The molecule has 2 aromatic heterocycles. The second-order valence-corrected chi connectivity index (χ2v) is 15.0. The van der Waals surface area contributed by atoms with Gasteiger partial charge in [-0.2, -0.15) is 0 Å². The van der Waals surface area contributed by atoms with Crippen LogP contribution in [0.2, 0.25) is 0 Å². The Morgan fingerprint density at radius 2 is 0.848 bits per heavy atom. The molecule has 2 aliphatic rings. The topological polar surface area (TPSA) is 0 Å². The van der Waals surface area contributed by atoms with Gasteiger partial charge in [0.1, 0.15) is 0 Å². The molecule has 46 heavy (non-hydrogen) atoms. The van der Waals surface area contributed by atoms with Gasteiger partial charge in [0.15, 0.2) is 11.6 Å². The van der Waals surface area contributed by atoms with Crippen molar-refractivity contribution in [3.63, 3.8) is 0 Å². The Kier molecular flexibility index (Phi) is 3.68. The summed E-state index contributed by atoms with van der Waals surface area (Å²) in [5.41, 5.74) is 0. The van der Waals surface area contributed by atoms with Gasteiger partial charge in [-0.25, -0.2) is 8.78 Å². The highest BCUT2D eigenvalue weighted by atomic mass is 32.1. The minimum atomic E-state index is -0.796. The van der Waals surface area contributed by atoms with E-state index in [2.05, 4.69) is 84.9 Å². The zero-order valence-electron chi connectivity index (χ0n) is 23.8. The first kappa shape index (κ1) is 23.2. The maximum atomic E-state index is 14.4. The van der Waals surface area contributed by atoms with E-state index >= 15 is 0 Å². The smallest absolute Gasteiger partial charge is 0.159 e. The Morgan fingerprint density at radius 3 is 1.48 bits per heavy atom. The molecular weight excluding hydrogens is 607 g/mol. The van der Waals surface area contributed by atoms with Crippen LogP contribution < -0.4 is 0 Å². The van der Waals surface area contributed by atoms with Gasteiger partial charge in [0.05, 0.1) is 9.40 Å². The Hall–Kier alpha value is -5.16. The number of thiophene rings is 2. The highest BCUT2D eigenvalue weighted by Gasteiger charge is 2.26. The molecule has 0 amide bonds. The van der Waals surface area contributed by atoms with E-state index < -0.39 is 11.6 Å². The monoisotopic (exact) mass is 622 g/mol. The average Bonchev–Trinajstić information content (AvgIpc) is 3.89. The van der Waals surface area contributed by atoms with Gasteiger partial charge in [-0.05, 0) is 97.0 Å². The van der Waals surface area contributed by atoms with E-state index in [0.29, 0.717) is 0 Å². The molecule has 0 nitrogen and oxygen atoms in total. The predicted molar refractivity (Wildman–Crippen MR) is 188 cm³/mol. The van der Waals surface area contributed by atoms with Crippen molar-refractivity contribution in [1.29, 1.82) is 0 Å². The first-order valence-electron chi connectivity index (χ1n) is 15.5. The summed E-state index contributed by atoms with van der Waals surface area (Å²) in [7, 11) is 0. The van der Waals surface area contributed by atoms with E-state index in [0.717, 1.165) is 26.3 Å². The van der Waals surface area contributed by atoms with Crippen LogP contribution in [0.15, 0.2) is 97.1 Å². The minimum absolute atomic E-state index is 0.782. The summed E-state index contributed by atoms with van der Waals surface area (Å²) in [4.78, 5) is 0. The Bertz CT molecular complexity index is 3680. The van der Waals surface area contributed by atoms with Gasteiger partial charge in [0.2, 0.25) is 0 Å². The van der Waals surface area contributed by atoms with Gasteiger partial charge in [-0.15, -0.1) is 22.7 Å². The summed E-state index contributed by atoms with van der Waals surface area (Å²) < 4.78 is 34.1. The zero-order valence-corrected chi connectivity index (χ0v) is 25.4. The van der Waals surface area contributed by atoms with Gasteiger partial charge < -0.3 is 0 Å². The van der Waals surface area contributed by atoms with Crippen LogP contribution in [0.25, 0.3) is 83.4 Å². The second-order valence-electron chi connectivity index (χ2n) is 12.9. The van der Waals surface area contributed by atoms with Crippen LogP contribution in [-0.2, 0) is 0 Å². The van der Waals surface area contributed by atoms with Crippen LogP contribution >= 0.6 is 22.7 Å². The Labute approximate surface area is 264 Å². The van der Waals surface area contributed by atoms with Crippen LogP contribution in [0.1, 0.15) is 0 Å². The highest BCUT2D eigenvalue weighted by molar-refractivity contribution is 7.38. The number of halogens is 2. The summed E-state index contributed by atoms with van der Waals surface area (Å²) >= 11 is 3.84. The molecule has 11 aromatic rings. The lowest BCUT2D eigenvalue weighted by Gasteiger charge is -2.00. The molecule has 210 valence electrons. The van der Waals surface area contributed by atoms with Crippen molar-refractivity contribution < 1.29 is 8.78 Å². The predicted octanol–water partition coefficient (Wildman–Crippen LogP) is 12.0. The zero-order chi connectivity index (χ0) is 29.7. The molecule has 2 aliphatic carbocycles. The lowest BCUT2D eigenvalue weighted by Crippen LogP contribution is -1.84. The van der Waals surface area contributed by atoms with Crippen LogP contribution in [-0.4, -0.2) is 0 Å². The molecular formula is C42H16F2S2. The van der Waals surface area contributed by atoms with E-state index in [9.17, 15) is 8.78 Å². The van der Waals surface area contributed by atoms with Gasteiger partial charge in [0, 0.05) is 30.9 Å². The molecule has 0 aliphatic heterocycles. The first-order valence-corrected chi connectivity index (χ1v) is 17.1. The molecule has 0 saturated carbocycles. The molecule has 4 heteroatoms. The van der Waals surface area contributed by atoms with Crippen molar-refractivity contribution >= 4 is 106 Å². The largest absolute Gasteiger partial charge is 0.204 e. The minimum Gasteiger partial charge on any atom is -0.204 e. The van der Waals surface area contributed by atoms with E-state index in [1.807, 2.05) is 22.7 Å². The van der Waals surface area contributed by atoms with Gasteiger partial charge >= 0.3 is 0 Å². The lowest BCUT2D eigenvalue weighted by atomic mass is 10.0. The van der Waals surface area contributed by atoms with E-state index in [1.54, 1.807) is 0 Å². The molecule has 0 unspecified atom stereocenters. The maximum absolute atomic E-state index is 14.4. The fourth-order valence-corrected chi connectivity index (χ4v) is 12.2. The Balaban J connectivity index is 1.21. The van der Waals surface area contributed by atoms with Crippen molar-refractivity contribution in [2.24, 2.45) is 0 Å². The molecule has 0 fully saturated rings. The van der Waals surface area contributed by atoms with Crippen molar-refractivity contribution in [2.45, 2.75) is 0 Å². The number of hydrogen-bond acceptors (Lipinski definition) is 2. The molecule has 0 N–H and O–H groups in total. The number of fused-ring (bicyclic) bond motifs is 13. The average molecular weight is 623 g/mol. The van der Waals surface area contributed by atoms with Crippen LogP contribution in [0, 0.1) is 53.4 Å². The summed E-state index contributed by atoms with van der Waals surface area (Å²) in [6.07, 6.45) is 0. The van der Waals surface area contributed by atoms with Crippen LogP contribution in [0.4, 0.5) is 8.78 Å². The quantitative estimate of drug-likeness (QED) is 0.158. The van der Waals surface area contributed by atoms with E-state index in [1.165, 1.54) is 111 Å². The van der Waals surface area contributed by atoms with Crippen molar-refractivity contribution in [2.75, 3.05) is 0 Å². The fourth-order valence-electron chi connectivity index (χ4n) is 9.25. The normalized spacial score (nSPS) is 13.4. The van der Waals surface area contributed by atoms with E-state index in [4.69, 9.17) is 0 Å². The van der Waals surface area contributed by atoms with Crippen LogP contribution in [0.5, 0.6) is 0 Å². The van der Waals surface area contributed by atoms with Crippen molar-refractivity contribution in [1.82, 2.24) is 0 Å². The van der Waals surface area contributed by atoms with Crippen molar-refractivity contribution in [3.8, 4) is 0 Å². The maximum Gasteiger partial charge on any atom is 0.159 e. The number of benzene rings is 7. The Morgan fingerprint density at radius 1 is 0.348 bits per heavy atom. The van der Waals surface area contributed by atoms with E-state index in [-0.39, 0.29) is 0 Å². The number of rotatable bonds is 0. The summed E-state index contributed by atoms with van der Waals surface area (Å²) in [5.74, 6) is -1.59. The van der Waals surface area contributed by atoms with Gasteiger partial charge in [0.25, 0.3) is 0 Å². The molecule has 0 spiro atoms. The molecule has 9 aromatic carbocycles. The summed E-state index contributed by atoms with van der Waals surface area (Å²) in [6.45, 7) is 0. The third-order valence-corrected chi connectivity index (χ3v) is 13.6. The second kappa shape index (κ2) is 7.28. The third kappa shape index (κ3) is 2.32. The third-order valence-electron chi connectivity index (χ3n) is 11.0. The van der Waals surface area contributed by atoms with Gasteiger partial charge in [-0.3, -0.25) is 0 Å². The molecule has 2 heterocycles. The fraction of sp³-hybridized carbons (Fsp3) is 0. The standard InChI is InChI=1S/C42H16F2S2/c43-30-15-28-21-8-11-24-35-26(13-9-22(33(21)35)29(28)16-31(30)44)39-37(24)41-42(45-39)38-25-10-7-20-19-6-5-17-3-1-2-4-18(17)32(19)23-12-14-27(40(38)46-41)36(25)34(20)23/h1-16H. The number of hydrogen-bond donors (Lipinski definition) is 0.